The van der Waals surface area contributed by atoms with E-state index in [0.29, 0.717) is 24.5 Å². The van der Waals surface area contributed by atoms with Gasteiger partial charge in [-0.05, 0) is 36.1 Å². The average Bonchev–Trinajstić information content (AvgIpc) is 2.52. The number of carbonyl (C=O) groups excluding carboxylic acids is 1. The molecule has 0 heterocycles. The van der Waals surface area contributed by atoms with Gasteiger partial charge in [0, 0.05) is 0 Å². The van der Waals surface area contributed by atoms with Gasteiger partial charge >= 0.3 is 0 Å². The summed E-state index contributed by atoms with van der Waals surface area (Å²) >= 11 is 0. The minimum absolute atomic E-state index is 0.0202. The molecule has 0 N–H and O–H groups in total. The van der Waals surface area contributed by atoms with Gasteiger partial charge in [-0.15, -0.1) is 0 Å². The summed E-state index contributed by atoms with van der Waals surface area (Å²) in [6, 6.07) is 13.4. The maximum atomic E-state index is 11.0. The van der Waals surface area contributed by atoms with Crippen LogP contribution in [-0.2, 0) is 5.41 Å². The summed E-state index contributed by atoms with van der Waals surface area (Å²) in [5.41, 5.74) is 2.98. The van der Waals surface area contributed by atoms with E-state index in [-0.39, 0.29) is 5.41 Å². The van der Waals surface area contributed by atoms with Gasteiger partial charge in [0.1, 0.15) is 24.7 Å². The largest absolute Gasteiger partial charge is 0.490 e. The second kappa shape index (κ2) is 7.32. The second-order valence-electron chi connectivity index (χ2n) is 6.60. The van der Waals surface area contributed by atoms with Crippen LogP contribution in [0.3, 0.4) is 0 Å². The van der Waals surface area contributed by atoms with Crippen molar-refractivity contribution in [3.8, 4) is 11.5 Å². The molecule has 0 aromatic heterocycles. The molecular formula is C20H24O3. The molecule has 2 aromatic carbocycles. The molecule has 0 aliphatic rings. The highest BCUT2D eigenvalue weighted by atomic mass is 16.5. The number of ether oxygens (including phenoxy) is 2. The normalized spacial score (nSPS) is 11.1. The summed E-state index contributed by atoms with van der Waals surface area (Å²) in [5, 5.41) is 0. The van der Waals surface area contributed by atoms with Crippen molar-refractivity contribution in [2.24, 2.45) is 0 Å². The lowest BCUT2D eigenvalue weighted by atomic mass is 9.85. The number of para-hydroxylation sites is 1. The van der Waals surface area contributed by atoms with Crippen LogP contribution in [0, 0.1) is 6.92 Å². The van der Waals surface area contributed by atoms with Crippen molar-refractivity contribution < 1.29 is 14.3 Å². The third kappa shape index (κ3) is 4.59. The van der Waals surface area contributed by atoms with Crippen LogP contribution in [0.25, 0.3) is 0 Å². The monoisotopic (exact) mass is 312 g/mol. The zero-order valence-corrected chi connectivity index (χ0v) is 14.3. The second-order valence-corrected chi connectivity index (χ2v) is 6.60. The Hall–Kier alpha value is -2.29. The highest BCUT2D eigenvalue weighted by Gasteiger charge is 2.19. The van der Waals surface area contributed by atoms with Crippen LogP contribution in [0.4, 0.5) is 0 Å². The molecule has 0 atom stereocenters. The molecule has 23 heavy (non-hydrogen) atoms. The summed E-state index contributed by atoms with van der Waals surface area (Å²) in [5.74, 6) is 1.47. The molecule has 0 spiro atoms. The fourth-order valence-corrected chi connectivity index (χ4v) is 2.37. The first kappa shape index (κ1) is 17.1. The van der Waals surface area contributed by atoms with Gasteiger partial charge in [-0.3, -0.25) is 4.79 Å². The Morgan fingerprint density at radius 1 is 0.957 bits per heavy atom. The van der Waals surface area contributed by atoms with Crippen molar-refractivity contribution in [2.75, 3.05) is 13.2 Å². The molecule has 0 aliphatic heterocycles. The number of benzene rings is 2. The molecule has 0 unspecified atom stereocenters. The summed E-state index contributed by atoms with van der Waals surface area (Å²) in [6.45, 7) is 9.42. The molecule has 0 bridgehead atoms. The molecule has 2 aromatic rings. The predicted molar refractivity (Wildman–Crippen MR) is 92.7 cm³/mol. The highest BCUT2D eigenvalue weighted by Crippen LogP contribution is 2.32. The van der Waals surface area contributed by atoms with Gasteiger partial charge in [0.2, 0.25) is 0 Å². The van der Waals surface area contributed by atoms with Gasteiger partial charge in [-0.1, -0.05) is 50.6 Å². The number of rotatable bonds is 6. The topological polar surface area (TPSA) is 35.5 Å². The van der Waals surface area contributed by atoms with Crippen molar-refractivity contribution in [1.82, 2.24) is 0 Å². The minimum atomic E-state index is 0.0202. The lowest BCUT2D eigenvalue weighted by Gasteiger charge is -2.23. The molecule has 0 amide bonds. The Kier molecular flexibility index (Phi) is 5.43. The van der Waals surface area contributed by atoms with E-state index >= 15 is 0 Å². The lowest BCUT2D eigenvalue weighted by molar-refractivity contribution is 0.111. The van der Waals surface area contributed by atoms with Crippen LogP contribution >= 0.6 is 0 Å². The molecule has 0 fully saturated rings. The Labute approximate surface area is 138 Å². The number of aldehydes is 1. The quantitative estimate of drug-likeness (QED) is 0.579. The number of aryl methyl sites for hydroxylation is 1. The van der Waals surface area contributed by atoms with Gasteiger partial charge in [-0.25, -0.2) is 0 Å². The van der Waals surface area contributed by atoms with Crippen molar-refractivity contribution in [3.63, 3.8) is 0 Å². The van der Waals surface area contributed by atoms with Crippen LogP contribution < -0.4 is 9.47 Å². The standard InChI is InChI=1S/C20H24O3/c1-15-9-10-19(17(13-15)20(2,3)4)23-12-11-22-18-8-6-5-7-16(18)14-21/h5-10,13-14H,11-12H2,1-4H3. The zero-order valence-electron chi connectivity index (χ0n) is 14.3. The van der Waals surface area contributed by atoms with E-state index < -0.39 is 0 Å². The fraction of sp³-hybridized carbons (Fsp3) is 0.350. The van der Waals surface area contributed by atoms with Crippen molar-refractivity contribution in [3.05, 3.63) is 59.2 Å². The summed E-state index contributed by atoms with van der Waals surface area (Å²) in [7, 11) is 0. The maximum Gasteiger partial charge on any atom is 0.153 e. The summed E-state index contributed by atoms with van der Waals surface area (Å²) in [4.78, 5) is 11.0. The molecule has 0 saturated carbocycles. The lowest BCUT2D eigenvalue weighted by Crippen LogP contribution is -2.16. The van der Waals surface area contributed by atoms with Crippen LogP contribution in [-0.4, -0.2) is 19.5 Å². The molecule has 3 nitrogen and oxygen atoms in total. The van der Waals surface area contributed by atoms with Crippen LogP contribution in [0.15, 0.2) is 42.5 Å². The van der Waals surface area contributed by atoms with E-state index in [9.17, 15) is 4.79 Å². The number of carbonyl (C=O) groups is 1. The molecule has 3 heteroatoms. The van der Waals surface area contributed by atoms with E-state index in [1.807, 2.05) is 24.3 Å². The molecule has 2 rings (SSSR count). The molecule has 0 aliphatic carbocycles. The number of hydrogen-bond donors (Lipinski definition) is 0. The molecule has 0 saturated heterocycles. The van der Waals surface area contributed by atoms with Crippen molar-refractivity contribution >= 4 is 6.29 Å². The van der Waals surface area contributed by atoms with Crippen LogP contribution in [0.1, 0.15) is 42.3 Å². The maximum absolute atomic E-state index is 11.0. The van der Waals surface area contributed by atoms with Gasteiger partial charge in [0.15, 0.2) is 6.29 Å². The summed E-state index contributed by atoms with van der Waals surface area (Å²) in [6.07, 6.45) is 0.799. The predicted octanol–water partition coefficient (Wildman–Crippen LogP) is 4.56. The Balaban J connectivity index is 1.98. The molecule has 0 radical (unpaired) electrons. The van der Waals surface area contributed by atoms with E-state index in [1.54, 1.807) is 12.1 Å². The van der Waals surface area contributed by atoms with Gasteiger partial charge in [0.25, 0.3) is 0 Å². The Bertz CT molecular complexity index is 669. The fourth-order valence-electron chi connectivity index (χ4n) is 2.37. The zero-order chi connectivity index (χ0) is 16.9. The first-order valence-corrected chi connectivity index (χ1v) is 7.83. The van der Waals surface area contributed by atoms with Gasteiger partial charge in [0.05, 0.1) is 5.56 Å². The third-order valence-corrected chi connectivity index (χ3v) is 3.59. The smallest absolute Gasteiger partial charge is 0.153 e. The highest BCUT2D eigenvalue weighted by molar-refractivity contribution is 5.79. The SMILES string of the molecule is Cc1ccc(OCCOc2ccccc2C=O)c(C(C)(C)C)c1. The molecular weight excluding hydrogens is 288 g/mol. The first-order chi connectivity index (χ1) is 10.9. The van der Waals surface area contributed by atoms with Gasteiger partial charge < -0.3 is 9.47 Å². The van der Waals surface area contributed by atoms with Gasteiger partial charge in [-0.2, -0.15) is 0 Å². The van der Waals surface area contributed by atoms with Crippen molar-refractivity contribution in [2.45, 2.75) is 33.1 Å². The summed E-state index contributed by atoms with van der Waals surface area (Å²) < 4.78 is 11.5. The van der Waals surface area contributed by atoms with E-state index in [0.717, 1.165) is 12.0 Å². The van der Waals surface area contributed by atoms with Crippen LogP contribution in [0.5, 0.6) is 11.5 Å². The van der Waals surface area contributed by atoms with E-state index in [1.165, 1.54) is 11.1 Å². The first-order valence-electron chi connectivity index (χ1n) is 7.83. The Morgan fingerprint density at radius 2 is 1.61 bits per heavy atom. The number of hydrogen-bond acceptors (Lipinski definition) is 3. The van der Waals surface area contributed by atoms with Crippen molar-refractivity contribution in [1.29, 1.82) is 0 Å². The third-order valence-electron chi connectivity index (χ3n) is 3.59. The minimum Gasteiger partial charge on any atom is -0.490 e. The average molecular weight is 312 g/mol. The molecule has 122 valence electrons. The van der Waals surface area contributed by atoms with E-state index in [2.05, 4.69) is 33.8 Å². The van der Waals surface area contributed by atoms with Crippen LogP contribution in [0.2, 0.25) is 0 Å². The Morgan fingerprint density at radius 3 is 2.26 bits per heavy atom. The van der Waals surface area contributed by atoms with E-state index in [4.69, 9.17) is 9.47 Å².